The van der Waals surface area contributed by atoms with E-state index < -0.39 is 0 Å². The smallest absolute Gasteiger partial charge is 0.258 e. The Kier molecular flexibility index (Phi) is 2.15. The number of fused-ring (bicyclic) bond motifs is 1. The Morgan fingerprint density at radius 3 is 2.60 bits per heavy atom. The van der Waals surface area contributed by atoms with Crippen LogP contribution < -0.4 is 0 Å². The van der Waals surface area contributed by atoms with E-state index in [1.54, 1.807) is 12.1 Å². The molecule has 0 fully saturated rings. The highest BCUT2D eigenvalue weighted by Crippen LogP contribution is 2.29. The Balaban J connectivity index is 2.91. The van der Waals surface area contributed by atoms with Crippen molar-refractivity contribution in [1.29, 1.82) is 0 Å². The fourth-order valence-electron chi connectivity index (χ4n) is 1.96. The van der Waals surface area contributed by atoms with Gasteiger partial charge in [-0.25, -0.2) is 0 Å². The molecular formula is C12H11NO2. The van der Waals surface area contributed by atoms with Crippen molar-refractivity contribution in [3.05, 3.63) is 51.6 Å². The SMILES string of the molecule is Cc1cc(C)c2c([N+](=O)[O-])cccc2c1. The minimum absolute atomic E-state index is 0.185. The van der Waals surface area contributed by atoms with Gasteiger partial charge in [0.1, 0.15) is 0 Å². The van der Waals surface area contributed by atoms with Crippen molar-refractivity contribution in [3.63, 3.8) is 0 Å². The first-order valence-electron chi connectivity index (χ1n) is 4.74. The third-order valence-corrected chi connectivity index (χ3v) is 2.49. The molecule has 0 heterocycles. The maximum absolute atomic E-state index is 10.9. The van der Waals surface area contributed by atoms with Gasteiger partial charge in [-0.1, -0.05) is 29.8 Å². The first-order valence-corrected chi connectivity index (χ1v) is 4.74. The zero-order valence-electron chi connectivity index (χ0n) is 8.65. The van der Waals surface area contributed by atoms with Gasteiger partial charge >= 0.3 is 0 Å². The number of benzene rings is 2. The Hall–Kier alpha value is -1.90. The van der Waals surface area contributed by atoms with Crippen LogP contribution in [0.4, 0.5) is 5.69 Å². The molecule has 0 N–H and O–H groups in total. The van der Waals surface area contributed by atoms with Crippen LogP contribution in [-0.2, 0) is 0 Å². The van der Waals surface area contributed by atoms with Crippen molar-refractivity contribution in [2.24, 2.45) is 0 Å². The van der Waals surface area contributed by atoms with Gasteiger partial charge in [-0.2, -0.15) is 0 Å². The second kappa shape index (κ2) is 3.35. The molecule has 0 saturated heterocycles. The third-order valence-electron chi connectivity index (χ3n) is 2.49. The standard InChI is InChI=1S/C12H11NO2/c1-8-6-9(2)12-10(7-8)4-3-5-11(12)13(14)15/h3-7H,1-2H3. The van der Waals surface area contributed by atoms with E-state index in [1.807, 2.05) is 32.0 Å². The quantitative estimate of drug-likeness (QED) is 0.524. The molecule has 0 bridgehead atoms. The van der Waals surface area contributed by atoms with Crippen molar-refractivity contribution in [2.75, 3.05) is 0 Å². The monoisotopic (exact) mass is 201 g/mol. The Bertz CT molecular complexity index is 547. The van der Waals surface area contributed by atoms with E-state index >= 15 is 0 Å². The summed E-state index contributed by atoms with van der Waals surface area (Å²) in [6, 6.07) is 9.11. The highest BCUT2D eigenvalue weighted by atomic mass is 16.6. The van der Waals surface area contributed by atoms with E-state index in [9.17, 15) is 10.1 Å². The van der Waals surface area contributed by atoms with Crippen molar-refractivity contribution < 1.29 is 4.92 Å². The minimum Gasteiger partial charge on any atom is -0.258 e. The van der Waals surface area contributed by atoms with Crippen molar-refractivity contribution >= 4 is 16.5 Å². The lowest BCUT2D eigenvalue weighted by molar-refractivity contribution is -0.383. The van der Waals surface area contributed by atoms with Crippen LogP contribution in [0.3, 0.4) is 0 Å². The van der Waals surface area contributed by atoms with Gasteiger partial charge < -0.3 is 0 Å². The topological polar surface area (TPSA) is 43.1 Å². The summed E-state index contributed by atoms with van der Waals surface area (Å²) in [5.74, 6) is 0. The number of nitro groups is 1. The number of hydrogen-bond acceptors (Lipinski definition) is 2. The van der Waals surface area contributed by atoms with E-state index in [1.165, 1.54) is 0 Å². The van der Waals surface area contributed by atoms with E-state index in [2.05, 4.69) is 0 Å². The normalized spacial score (nSPS) is 10.5. The Labute approximate surface area is 87.5 Å². The largest absolute Gasteiger partial charge is 0.277 e. The predicted octanol–water partition coefficient (Wildman–Crippen LogP) is 3.36. The zero-order valence-corrected chi connectivity index (χ0v) is 8.65. The molecule has 3 heteroatoms. The molecule has 0 aliphatic rings. The summed E-state index contributed by atoms with van der Waals surface area (Å²) >= 11 is 0. The van der Waals surface area contributed by atoms with Crippen LogP contribution in [-0.4, -0.2) is 4.92 Å². The number of rotatable bonds is 1. The molecule has 0 spiro atoms. The van der Waals surface area contributed by atoms with E-state index in [4.69, 9.17) is 0 Å². The predicted molar refractivity (Wildman–Crippen MR) is 60.1 cm³/mol. The molecule has 76 valence electrons. The number of hydrogen-bond donors (Lipinski definition) is 0. The van der Waals surface area contributed by atoms with Crippen molar-refractivity contribution in [3.8, 4) is 0 Å². The summed E-state index contributed by atoms with van der Waals surface area (Å²) in [5.41, 5.74) is 2.27. The number of non-ortho nitro benzene ring substituents is 1. The van der Waals surface area contributed by atoms with Crippen LogP contribution in [0.15, 0.2) is 30.3 Å². The summed E-state index contributed by atoms with van der Waals surface area (Å²) < 4.78 is 0. The average molecular weight is 201 g/mol. The van der Waals surface area contributed by atoms with Crippen LogP contribution >= 0.6 is 0 Å². The first-order chi connectivity index (χ1) is 7.09. The van der Waals surface area contributed by atoms with Gasteiger partial charge in [0.15, 0.2) is 0 Å². The van der Waals surface area contributed by atoms with Gasteiger partial charge in [0.2, 0.25) is 0 Å². The molecule has 2 aromatic rings. The van der Waals surface area contributed by atoms with E-state index in [0.717, 1.165) is 21.9 Å². The van der Waals surface area contributed by atoms with Crippen LogP contribution in [0.1, 0.15) is 11.1 Å². The fraction of sp³-hybridized carbons (Fsp3) is 0.167. The van der Waals surface area contributed by atoms with Gasteiger partial charge in [-0.05, 0) is 24.8 Å². The van der Waals surface area contributed by atoms with Crippen molar-refractivity contribution in [1.82, 2.24) is 0 Å². The average Bonchev–Trinajstić information content (AvgIpc) is 2.16. The summed E-state index contributed by atoms with van der Waals surface area (Å²) in [6.07, 6.45) is 0. The maximum atomic E-state index is 10.9. The van der Waals surface area contributed by atoms with Crippen LogP contribution in [0.5, 0.6) is 0 Å². The van der Waals surface area contributed by atoms with Crippen LogP contribution in [0.2, 0.25) is 0 Å². The molecule has 0 aromatic heterocycles. The molecule has 0 radical (unpaired) electrons. The Morgan fingerprint density at radius 2 is 1.93 bits per heavy atom. The molecule has 0 saturated carbocycles. The maximum Gasteiger partial charge on any atom is 0.277 e. The van der Waals surface area contributed by atoms with Gasteiger partial charge in [-0.3, -0.25) is 10.1 Å². The Morgan fingerprint density at radius 1 is 1.20 bits per heavy atom. The molecule has 0 aliphatic carbocycles. The summed E-state index contributed by atoms with van der Waals surface area (Å²) in [4.78, 5) is 10.5. The van der Waals surface area contributed by atoms with Gasteiger partial charge in [0, 0.05) is 6.07 Å². The molecule has 3 nitrogen and oxygen atoms in total. The lowest BCUT2D eigenvalue weighted by atomic mass is 10.0. The van der Waals surface area contributed by atoms with E-state index in [-0.39, 0.29) is 10.6 Å². The molecular weight excluding hydrogens is 190 g/mol. The number of nitro benzene ring substituents is 1. The zero-order chi connectivity index (χ0) is 11.0. The lowest BCUT2D eigenvalue weighted by Gasteiger charge is -2.04. The second-order valence-corrected chi connectivity index (χ2v) is 3.71. The molecule has 15 heavy (non-hydrogen) atoms. The molecule has 0 atom stereocenters. The highest BCUT2D eigenvalue weighted by molar-refractivity contribution is 5.94. The number of aryl methyl sites for hydroxylation is 2. The fourth-order valence-corrected chi connectivity index (χ4v) is 1.96. The summed E-state index contributed by atoms with van der Waals surface area (Å²) in [6.45, 7) is 3.90. The van der Waals surface area contributed by atoms with Gasteiger partial charge in [0.05, 0.1) is 10.3 Å². The van der Waals surface area contributed by atoms with Crippen LogP contribution in [0.25, 0.3) is 10.8 Å². The van der Waals surface area contributed by atoms with Crippen molar-refractivity contribution in [2.45, 2.75) is 13.8 Å². The summed E-state index contributed by atoms with van der Waals surface area (Å²) in [5, 5.41) is 12.5. The third kappa shape index (κ3) is 1.56. The van der Waals surface area contributed by atoms with Crippen LogP contribution in [0, 0.1) is 24.0 Å². The highest BCUT2D eigenvalue weighted by Gasteiger charge is 2.12. The molecule has 2 aromatic carbocycles. The summed E-state index contributed by atoms with van der Waals surface area (Å²) in [7, 11) is 0. The minimum atomic E-state index is -0.329. The van der Waals surface area contributed by atoms with E-state index in [0.29, 0.717) is 0 Å². The van der Waals surface area contributed by atoms with Gasteiger partial charge in [-0.15, -0.1) is 0 Å². The first kappa shape index (κ1) is 9.65. The molecule has 0 aliphatic heterocycles. The molecule has 0 amide bonds. The molecule has 2 rings (SSSR count). The number of nitrogens with zero attached hydrogens (tertiary/aromatic N) is 1. The van der Waals surface area contributed by atoms with Gasteiger partial charge in [0.25, 0.3) is 5.69 Å². The second-order valence-electron chi connectivity index (χ2n) is 3.71. The molecule has 0 unspecified atom stereocenters. The lowest BCUT2D eigenvalue weighted by Crippen LogP contribution is -1.91.